The molecule has 0 bridgehead atoms. The van der Waals surface area contributed by atoms with Gasteiger partial charge in [-0.1, -0.05) is 6.07 Å². The molecule has 6 nitrogen and oxygen atoms in total. The van der Waals surface area contributed by atoms with Gasteiger partial charge in [-0.3, -0.25) is 0 Å². The second-order valence-corrected chi connectivity index (χ2v) is 5.40. The molecule has 0 amide bonds. The van der Waals surface area contributed by atoms with Gasteiger partial charge in [0.15, 0.2) is 6.17 Å². The fourth-order valence-electron chi connectivity index (χ4n) is 1.62. The molecule has 0 saturated carbocycles. The summed E-state index contributed by atoms with van der Waals surface area (Å²) in [5, 5.41) is 2.78. The molecular weight excluding hydrogens is 244 g/mol. The van der Waals surface area contributed by atoms with Crippen molar-refractivity contribution in [3.05, 3.63) is 23.8 Å². The van der Waals surface area contributed by atoms with Gasteiger partial charge in [-0.05, 0) is 24.6 Å². The highest BCUT2D eigenvalue weighted by atomic mass is 32.2. The highest BCUT2D eigenvalue weighted by Crippen LogP contribution is 2.26. The zero-order valence-corrected chi connectivity index (χ0v) is 10.2. The van der Waals surface area contributed by atoms with E-state index in [0.717, 1.165) is 5.56 Å². The minimum absolute atomic E-state index is 0.128. The van der Waals surface area contributed by atoms with Gasteiger partial charge in [0.05, 0.1) is 12.8 Å². The number of aryl methyl sites for hydroxylation is 1. The maximum atomic E-state index is 11.9. The molecule has 0 aliphatic carbocycles. The molecule has 0 unspecified atom stereocenters. The van der Waals surface area contributed by atoms with E-state index in [1.54, 1.807) is 12.1 Å². The molecule has 1 heterocycles. The average molecular weight is 256 g/mol. The van der Waals surface area contributed by atoms with Crippen molar-refractivity contribution in [2.75, 3.05) is 12.4 Å². The minimum Gasteiger partial charge on any atom is -0.466 e. The van der Waals surface area contributed by atoms with Gasteiger partial charge in [0.1, 0.15) is 4.90 Å². The number of hydrogen-bond donors (Lipinski definition) is 2. The predicted molar refractivity (Wildman–Crippen MR) is 60.9 cm³/mol. The second kappa shape index (κ2) is 4.01. The number of hydrogen-bond acceptors (Lipinski definition) is 5. The number of nitrogens with one attached hydrogen (secondary N) is 2. The lowest BCUT2D eigenvalue weighted by Gasteiger charge is -2.26. The number of methoxy groups -OCH3 is 1. The van der Waals surface area contributed by atoms with Crippen LogP contribution in [-0.4, -0.2) is 27.7 Å². The molecule has 1 aliphatic heterocycles. The monoisotopic (exact) mass is 256 g/mol. The second-order valence-electron chi connectivity index (χ2n) is 3.72. The van der Waals surface area contributed by atoms with Crippen LogP contribution in [0, 0.1) is 6.92 Å². The molecule has 0 spiro atoms. The van der Waals surface area contributed by atoms with E-state index in [9.17, 15) is 13.2 Å². The average Bonchev–Trinajstić information content (AvgIpc) is 2.26. The van der Waals surface area contributed by atoms with Gasteiger partial charge >= 0.3 is 5.97 Å². The van der Waals surface area contributed by atoms with Crippen LogP contribution in [0.2, 0.25) is 0 Å². The Hall–Kier alpha value is -1.60. The highest BCUT2D eigenvalue weighted by molar-refractivity contribution is 7.89. The highest BCUT2D eigenvalue weighted by Gasteiger charge is 2.33. The summed E-state index contributed by atoms with van der Waals surface area (Å²) in [4.78, 5) is 11.5. The predicted octanol–water partition coefficient (Wildman–Crippen LogP) is 0.198. The summed E-state index contributed by atoms with van der Waals surface area (Å²) in [6.07, 6.45) is -1.08. The fraction of sp³-hybridized carbons (Fsp3) is 0.300. The number of ether oxygens (including phenoxy) is 1. The molecule has 92 valence electrons. The van der Waals surface area contributed by atoms with E-state index in [2.05, 4.69) is 14.8 Å². The summed E-state index contributed by atoms with van der Waals surface area (Å²) in [5.74, 6) is -0.680. The summed E-state index contributed by atoms with van der Waals surface area (Å²) in [7, 11) is -2.48. The SMILES string of the molecule is COC(=O)[C@@H]1Nc2cc(C)ccc2S(=O)(=O)N1. The van der Waals surface area contributed by atoms with E-state index in [4.69, 9.17) is 0 Å². The molecule has 0 fully saturated rings. The van der Waals surface area contributed by atoms with Gasteiger partial charge < -0.3 is 10.1 Å². The topological polar surface area (TPSA) is 84.5 Å². The maximum Gasteiger partial charge on any atom is 0.344 e. The number of esters is 1. The molecule has 2 rings (SSSR count). The van der Waals surface area contributed by atoms with Crippen molar-refractivity contribution >= 4 is 21.7 Å². The van der Waals surface area contributed by atoms with Crippen LogP contribution in [0.3, 0.4) is 0 Å². The molecule has 0 radical (unpaired) electrons. The smallest absolute Gasteiger partial charge is 0.344 e. The van der Waals surface area contributed by atoms with E-state index >= 15 is 0 Å². The number of rotatable bonds is 1. The minimum atomic E-state index is -3.68. The van der Waals surface area contributed by atoms with Crippen LogP contribution in [0.25, 0.3) is 0 Å². The third-order valence-electron chi connectivity index (χ3n) is 2.43. The van der Waals surface area contributed by atoms with Crippen LogP contribution >= 0.6 is 0 Å². The Kier molecular flexibility index (Phi) is 2.80. The Bertz CT molecular complexity index is 568. The largest absolute Gasteiger partial charge is 0.466 e. The van der Waals surface area contributed by atoms with Gasteiger partial charge in [-0.25, -0.2) is 13.2 Å². The van der Waals surface area contributed by atoms with Gasteiger partial charge in [-0.15, -0.1) is 0 Å². The summed E-state index contributed by atoms with van der Waals surface area (Å²) in [5.41, 5.74) is 1.30. The number of fused-ring (bicyclic) bond motifs is 1. The van der Waals surface area contributed by atoms with E-state index in [1.165, 1.54) is 13.2 Å². The molecule has 2 N–H and O–H groups in total. The Morgan fingerprint density at radius 3 is 2.76 bits per heavy atom. The van der Waals surface area contributed by atoms with Gasteiger partial charge in [0, 0.05) is 0 Å². The molecule has 0 aromatic heterocycles. The lowest BCUT2D eigenvalue weighted by Crippen LogP contribution is -2.50. The zero-order chi connectivity index (χ0) is 12.6. The number of sulfonamides is 1. The first-order chi connectivity index (χ1) is 7.94. The van der Waals surface area contributed by atoms with Crippen molar-refractivity contribution in [3.63, 3.8) is 0 Å². The standard InChI is InChI=1S/C10H12N2O4S/c1-6-3-4-8-7(5-6)11-9(10(13)16-2)12-17(8,14)15/h3-5,9,11-12H,1-2H3/t9-/m1/s1. The maximum absolute atomic E-state index is 11.9. The molecule has 1 atom stereocenters. The number of carbonyl (C=O) groups excluding carboxylic acids is 1. The van der Waals surface area contributed by atoms with Gasteiger partial charge in [0.25, 0.3) is 0 Å². The van der Waals surface area contributed by atoms with E-state index in [-0.39, 0.29) is 4.90 Å². The van der Waals surface area contributed by atoms with Crippen LogP contribution in [-0.2, 0) is 19.6 Å². The van der Waals surface area contributed by atoms with E-state index in [0.29, 0.717) is 5.69 Å². The Balaban J connectivity index is 2.49. The molecule has 1 aromatic carbocycles. The first-order valence-corrected chi connectivity index (χ1v) is 6.40. The van der Waals surface area contributed by atoms with Gasteiger partial charge in [-0.2, -0.15) is 4.72 Å². The van der Waals surface area contributed by atoms with Crippen molar-refractivity contribution in [2.24, 2.45) is 0 Å². The van der Waals surface area contributed by atoms with E-state index < -0.39 is 22.2 Å². The summed E-state index contributed by atoms with van der Waals surface area (Å²) in [6, 6.07) is 4.86. The van der Waals surface area contributed by atoms with Crippen LogP contribution in [0.5, 0.6) is 0 Å². The first-order valence-electron chi connectivity index (χ1n) is 4.91. The molecule has 1 aliphatic rings. The third-order valence-corrected chi connectivity index (χ3v) is 3.92. The first kappa shape index (κ1) is 11.9. The Labute approximate surface area is 99.0 Å². The number of benzene rings is 1. The van der Waals surface area contributed by atoms with Crippen molar-refractivity contribution in [1.82, 2.24) is 4.72 Å². The third kappa shape index (κ3) is 2.11. The van der Waals surface area contributed by atoms with Gasteiger partial charge in [0.2, 0.25) is 10.0 Å². The van der Waals surface area contributed by atoms with Crippen LogP contribution in [0.1, 0.15) is 5.56 Å². The van der Waals surface area contributed by atoms with Crippen molar-refractivity contribution in [3.8, 4) is 0 Å². The summed E-state index contributed by atoms with van der Waals surface area (Å²) in [6.45, 7) is 1.84. The van der Waals surface area contributed by atoms with Crippen LogP contribution < -0.4 is 10.0 Å². The summed E-state index contributed by atoms with van der Waals surface area (Å²) < 4.78 is 30.4. The fourth-order valence-corrected chi connectivity index (χ4v) is 2.87. The summed E-state index contributed by atoms with van der Waals surface area (Å²) >= 11 is 0. The van der Waals surface area contributed by atoms with Crippen LogP contribution in [0.15, 0.2) is 23.1 Å². The van der Waals surface area contributed by atoms with Crippen LogP contribution in [0.4, 0.5) is 5.69 Å². The molecular formula is C10H12N2O4S. The molecule has 1 aromatic rings. The zero-order valence-electron chi connectivity index (χ0n) is 9.35. The van der Waals surface area contributed by atoms with Crippen molar-refractivity contribution in [1.29, 1.82) is 0 Å². The number of anilines is 1. The number of carbonyl (C=O) groups is 1. The normalized spacial score (nSPS) is 21.2. The van der Waals surface area contributed by atoms with E-state index in [1.807, 2.05) is 6.92 Å². The lowest BCUT2D eigenvalue weighted by molar-refractivity contribution is -0.141. The quantitative estimate of drug-likeness (QED) is 0.701. The molecule has 0 saturated heterocycles. The lowest BCUT2D eigenvalue weighted by atomic mass is 10.2. The van der Waals surface area contributed by atoms with Crippen molar-refractivity contribution in [2.45, 2.75) is 18.0 Å². The Morgan fingerprint density at radius 1 is 1.41 bits per heavy atom. The molecule has 17 heavy (non-hydrogen) atoms. The Morgan fingerprint density at radius 2 is 2.12 bits per heavy atom. The molecule has 7 heteroatoms. The van der Waals surface area contributed by atoms with Crippen molar-refractivity contribution < 1.29 is 17.9 Å².